The molecule has 1 amide bonds. The van der Waals surface area contributed by atoms with Gasteiger partial charge >= 0.3 is 0 Å². The molecule has 0 aliphatic carbocycles. The highest BCUT2D eigenvalue weighted by Gasteiger charge is 2.30. The fraction of sp³-hybridized carbons (Fsp3) is 0.278. The number of H-pyrrole nitrogens is 1. The van der Waals surface area contributed by atoms with E-state index in [4.69, 9.17) is 4.98 Å². The highest BCUT2D eigenvalue weighted by Crippen LogP contribution is 2.32. The van der Waals surface area contributed by atoms with Crippen molar-refractivity contribution in [1.29, 1.82) is 0 Å². The minimum Gasteiger partial charge on any atom is -0.340 e. The summed E-state index contributed by atoms with van der Waals surface area (Å²) in [6.45, 7) is 2.43. The summed E-state index contributed by atoms with van der Waals surface area (Å²) in [6.07, 6.45) is 3.77. The van der Waals surface area contributed by atoms with Crippen LogP contribution in [0, 0.1) is 0 Å². The maximum atomic E-state index is 11.8. The number of likely N-dealkylation sites (tertiary alicyclic amines) is 1. The third-order valence-electron chi connectivity index (χ3n) is 4.50. The summed E-state index contributed by atoms with van der Waals surface area (Å²) in [4.78, 5) is 26.2. The first kappa shape index (κ1) is 15.3. The summed E-state index contributed by atoms with van der Waals surface area (Å²) in [6, 6.07) is 10.1. The molecule has 6 heteroatoms. The van der Waals surface area contributed by atoms with Crippen LogP contribution in [0.1, 0.15) is 31.6 Å². The van der Waals surface area contributed by atoms with Gasteiger partial charge in [0.2, 0.25) is 5.91 Å². The SMILES string of the molecule is CC(=O)N1CCC[C@H]1c1nc2ccc(-c3ccc(Br)cn3)cc2[nH]1. The van der Waals surface area contributed by atoms with Gasteiger partial charge in [0.15, 0.2) is 0 Å². The van der Waals surface area contributed by atoms with Gasteiger partial charge in [0.25, 0.3) is 0 Å². The zero-order chi connectivity index (χ0) is 16.7. The van der Waals surface area contributed by atoms with E-state index < -0.39 is 0 Å². The van der Waals surface area contributed by atoms with Crippen molar-refractivity contribution >= 4 is 32.9 Å². The Morgan fingerprint density at radius 2 is 2.21 bits per heavy atom. The van der Waals surface area contributed by atoms with E-state index in [1.807, 2.05) is 29.2 Å². The number of fused-ring (bicyclic) bond motifs is 1. The Balaban J connectivity index is 1.71. The van der Waals surface area contributed by atoms with E-state index in [1.165, 1.54) is 0 Å². The molecule has 3 heterocycles. The van der Waals surface area contributed by atoms with Gasteiger partial charge in [-0.3, -0.25) is 9.78 Å². The van der Waals surface area contributed by atoms with Gasteiger partial charge in [0.05, 0.1) is 22.8 Å². The van der Waals surface area contributed by atoms with Crippen LogP contribution in [0.4, 0.5) is 0 Å². The molecular weight excluding hydrogens is 368 g/mol. The normalized spacial score (nSPS) is 17.6. The topological polar surface area (TPSA) is 61.9 Å². The number of hydrogen-bond acceptors (Lipinski definition) is 3. The number of carbonyl (C=O) groups excluding carboxylic acids is 1. The lowest BCUT2D eigenvalue weighted by atomic mass is 10.1. The monoisotopic (exact) mass is 384 g/mol. The number of imidazole rings is 1. The fourth-order valence-electron chi connectivity index (χ4n) is 3.32. The van der Waals surface area contributed by atoms with Crippen LogP contribution in [0.5, 0.6) is 0 Å². The average molecular weight is 385 g/mol. The van der Waals surface area contributed by atoms with Crippen LogP contribution in [0.25, 0.3) is 22.3 Å². The second-order valence-electron chi connectivity index (χ2n) is 6.09. The lowest BCUT2D eigenvalue weighted by Crippen LogP contribution is -2.28. The molecule has 24 heavy (non-hydrogen) atoms. The summed E-state index contributed by atoms with van der Waals surface area (Å²) in [5.74, 6) is 0.983. The molecule has 1 aliphatic rings. The maximum Gasteiger partial charge on any atom is 0.220 e. The lowest BCUT2D eigenvalue weighted by molar-refractivity contribution is -0.129. The minimum absolute atomic E-state index is 0.0594. The van der Waals surface area contributed by atoms with Gasteiger partial charge in [-0.1, -0.05) is 6.07 Å². The van der Waals surface area contributed by atoms with E-state index in [1.54, 1.807) is 13.1 Å². The zero-order valence-corrected chi connectivity index (χ0v) is 14.9. The molecule has 0 radical (unpaired) electrons. The molecule has 0 saturated carbocycles. The van der Waals surface area contributed by atoms with Crippen molar-refractivity contribution in [1.82, 2.24) is 19.9 Å². The van der Waals surface area contributed by atoms with Crippen LogP contribution in [0.15, 0.2) is 41.0 Å². The highest BCUT2D eigenvalue weighted by atomic mass is 79.9. The molecular formula is C18H17BrN4O. The van der Waals surface area contributed by atoms with Gasteiger partial charge in [0, 0.05) is 29.7 Å². The van der Waals surface area contributed by atoms with E-state index in [2.05, 4.69) is 32.0 Å². The van der Waals surface area contributed by atoms with Crippen molar-refractivity contribution in [2.75, 3.05) is 6.54 Å². The molecule has 122 valence electrons. The number of pyridine rings is 1. The molecule has 0 spiro atoms. The summed E-state index contributed by atoms with van der Waals surface area (Å²) < 4.78 is 0.960. The molecule has 1 aromatic carbocycles. The fourth-order valence-corrected chi connectivity index (χ4v) is 3.56. The van der Waals surface area contributed by atoms with Crippen LogP contribution >= 0.6 is 15.9 Å². The number of nitrogens with zero attached hydrogens (tertiary/aromatic N) is 3. The number of aromatic amines is 1. The maximum absolute atomic E-state index is 11.8. The lowest BCUT2D eigenvalue weighted by Gasteiger charge is -2.21. The van der Waals surface area contributed by atoms with Crippen LogP contribution in [-0.4, -0.2) is 32.3 Å². The molecule has 3 aromatic rings. The number of aromatic nitrogens is 3. The second-order valence-corrected chi connectivity index (χ2v) is 7.00. The van der Waals surface area contributed by atoms with E-state index >= 15 is 0 Å². The summed E-state index contributed by atoms with van der Waals surface area (Å²) in [5, 5.41) is 0. The van der Waals surface area contributed by atoms with Crippen LogP contribution in [0.3, 0.4) is 0 Å². The van der Waals surface area contributed by atoms with E-state index in [9.17, 15) is 4.79 Å². The standard InChI is InChI=1S/C18H17BrN4O/c1-11(24)23-8-2-3-17(23)18-21-15-6-4-12(9-16(15)22-18)14-7-5-13(19)10-20-14/h4-7,9-10,17H,2-3,8H2,1H3,(H,21,22)/t17-/m0/s1. The van der Waals surface area contributed by atoms with E-state index in [0.29, 0.717) is 0 Å². The first-order chi connectivity index (χ1) is 11.6. The number of rotatable bonds is 2. The highest BCUT2D eigenvalue weighted by molar-refractivity contribution is 9.10. The van der Waals surface area contributed by atoms with Crippen molar-refractivity contribution in [3.05, 3.63) is 46.8 Å². The summed E-state index contributed by atoms with van der Waals surface area (Å²) >= 11 is 3.41. The van der Waals surface area contributed by atoms with Crippen molar-refractivity contribution in [3.8, 4) is 11.3 Å². The number of benzene rings is 1. The number of amides is 1. The number of nitrogens with one attached hydrogen (secondary N) is 1. The van der Waals surface area contributed by atoms with Crippen LogP contribution in [0.2, 0.25) is 0 Å². The first-order valence-corrected chi connectivity index (χ1v) is 8.80. The van der Waals surface area contributed by atoms with Crippen molar-refractivity contribution < 1.29 is 4.79 Å². The average Bonchev–Trinajstić information content (AvgIpc) is 3.21. The summed E-state index contributed by atoms with van der Waals surface area (Å²) in [5.41, 5.74) is 3.85. The van der Waals surface area contributed by atoms with E-state index in [-0.39, 0.29) is 11.9 Å². The molecule has 4 rings (SSSR count). The van der Waals surface area contributed by atoms with Gasteiger partial charge in [-0.25, -0.2) is 4.98 Å². The Labute approximate surface area is 148 Å². The Morgan fingerprint density at radius 3 is 2.96 bits per heavy atom. The number of halogens is 1. The van der Waals surface area contributed by atoms with Crippen molar-refractivity contribution in [3.63, 3.8) is 0 Å². The van der Waals surface area contributed by atoms with Crippen molar-refractivity contribution in [2.24, 2.45) is 0 Å². The van der Waals surface area contributed by atoms with Gasteiger partial charge < -0.3 is 9.88 Å². The molecule has 5 nitrogen and oxygen atoms in total. The minimum atomic E-state index is 0.0594. The summed E-state index contributed by atoms with van der Waals surface area (Å²) in [7, 11) is 0. The van der Waals surface area contributed by atoms with Gasteiger partial charge in [0.1, 0.15) is 5.82 Å². The van der Waals surface area contributed by atoms with Crippen LogP contribution in [-0.2, 0) is 4.79 Å². The zero-order valence-electron chi connectivity index (χ0n) is 13.3. The molecule has 1 N–H and O–H groups in total. The van der Waals surface area contributed by atoms with Gasteiger partial charge in [-0.05, 0) is 53.0 Å². The van der Waals surface area contributed by atoms with Crippen LogP contribution < -0.4 is 0 Å². The Bertz CT molecular complexity index is 903. The quantitative estimate of drug-likeness (QED) is 0.724. The second kappa shape index (κ2) is 6.02. The predicted molar refractivity (Wildman–Crippen MR) is 96.4 cm³/mol. The third kappa shape index (κ3) is 2.71. The first-order valence-electron chi connectivity index (χ1n) is 8.00. The molecule has 2 aromatic heterocycles. The smallest absolute Gasteiger partial charge is 0.220 e. The Morgan fingerprint density at radius 1 is 1.33 bits per heavy atom. The molecule has 0 bridgehead atoms. The Kier molecular flexibility index (Phi) is 3.84. The van der Waals surface area contributed by atoms with Gasteiger partial charge in [-0.15, -0.1) is 0 Å². The largest absolute Gasteiger partial charge is 0.340 e. The van der Waals surface area contributed by atoms with E-state index in [0.717, 1.165) is 52.0 Å². The Hall–Kier alpha value is -2.21. The molecule has 0 unspecified atom stereocenters. The third-order valence-corrected chi connectivity index (χ3v) is 4.97. The predicted octanol–water partition coefficient (Wildman–Crippen LogP) is 4.07. The molecule has 1 aliphatic heterocycles. The molecule has 1 atom stereocenters. The number of hydrogen-bond donors (Lipinski definition) is 1. The molecule has 1 fully saturated rings. The van der Waals surface area contributed by atoms with Crippen molar-refractivity contribution in [2.45, 2.75) is 25.8 Å². The van der Waals surface area contributed by atoms with Gasteiger partial charge in [-0.2, -0.15) is 0 Å². The number of carbonyl (C=O) groups is 1. The molecule has 1 saturated heterocycles.